The summed E-state index contributed by atoms with van der Waals surface area (Å²) in [7, 11) is -3.19. The van der Waals surface area contributed by atoms with E-state index in [4.69, 9.17) is 4.74 Å². The molecule has 0 spiro atoms. The summed E-state index contributed by atoms with van der Waals surface area (Å²) >= 11 is 0. The number of benzene rings is 1. The summed E-state index contributed by atoms with van der Waals surface area (Å²) in [6, 6.07) is 4.82. The fraction of sp³-hybridized carbons (Fsp3) is 0.333. The van der Waals surface area contributed by atoms with Gasteiger partial charge in [-0.3, -0.25) is 0 Å². The Morgan fingerprint density at radius 3 is 2.50 bits per heavy atom. The summed E-state index contributed by atoms with van der Waals surface area (Å²) in [6.07, 6.45) is 1.19. The van der Waals surface area contributed by atoms with Crippen LogP contribution in [0.5, 0.6) is 5.75 Å². The lowest BCUT2D eigenvalue weighted by Crippen LogP contribution is -2.00. The van der Waals surface area contributed by atoms with Gasteiger partial charge in [-0.15, -0.1) is 0 Å². The Kier molecular flexibility index (Phi) is 3.75. The first-order valence-electron chi connectivity index (χ1n) is 4.99. The Morgan fingerprint density at radius 1 is 1.44 bits per heavy atom. The average molecular weight is 240 g/mol. The third kappa shape index (κ3) is 2.85. The number of rotatable bonds is 4. The Bertz CT molecular complexity index is 501. The van der Waals surface area contributed by atoms with E-state index in [2.05, 4.69) is 6.58 Å². The molecule has 0 aromatic heterocycles. The van der Waals surface area contributed by atoms with E-state index >= 15 is 0 Å². The molecule has 88 valence electrons. The second-order valence-corrected chi connectivity index (χ2v) is 5.66. The maximum Gasteiger partial charge on any atom is 0.175 e. The molecule has 0 atom stereocenters. The van der Waals surface area contributed by atoms with Gasteiger partial charge in [-0.1, -0.05) is 6.58 Å². The van der Waals surface area contributed by atoms with Crippen molar-refractivity contribution in [2.24, 2.45) is 0 Å². The van der Waals surface area contributed by atoms with Crippen molar-refractivity contribution in [1.82, 2.24) is 0 Å². The first-order valence-corrected chi connectivity index (χ1v) is 6.88. The van der Waals surface area contributed by atoms with Crippen LogP contribution in [0.15, 0.2) is 29.7 Å². The monoisotopic (exact) mass is 240 g/mol. The topological polar surface area (TPSA) is 43.4 Å². The summed E-state index contributed by atoms with van der Waals surface area (Å²) < 4.78 is 28.2. The quantitative estimate of drug-likeness (QED) is 0.812. The molecule has 1 rings (SSSR count). The van der Waals surface area contributed by atoms with Crippen LogP contribution in [-0.4, -0.2) is 21.3 Å². The van der Waals surface area contributed by atoms with Crippen LogP contribution in [0.1, 0.15) is 19.4 Å². The van der Waals surface area contributed by atoms with Gasteiger partial charge in [-0.2, -0.15) is 0 Å². The summed E-state index contributed by atoms with van der Waals surface area (Å²) in [5.41, 5.74) is 1.53. The first kappa shape index (κ1) is 12.8. The zero-order valence-corrected chi connectivity index (χ0v) is 10.6. The molecular weight excluding hydrogens is 224 g/mol. The number of ether oxygens (including phenoxy) is 1. The van der Waals surface area contributed by atoms with Gasteiger partial charge in [0.15, 0.2) is 9.84 Å². The predicted molar refractivity (Wildman–Crippen MR) is 65.4 cm³/mol. The van der Waals surface area contributed by atoms with Crippen LogP contribution in [0.3, 0.4) is 0 Å². The van der Waals surface area contributed by atoms with E-state index in [1.807, 2.05) is 13.8 Å². The van der Waals surface area contributed by atoms with Crippen LogP contribution < -0.4 is 4.74 Å². The van der Waals surface area contributed by atoms with E-state index in [-0.39, 0.29) is 4.90 Å². The fourth-order valence-electron chi connectivity index (χ4n) is 1.35. The second-order valence-electron chi connectivity index (χ2n) is 3.64. The van der Waals surface area contributed by atoms with Crippen molar-refractivity contribution in [2.75, 3.05) is 12.9 Å². The molecule has 1 aromatic rings. The minimum atomic E-state index is -3.19. The maximum atomic E-state index is 11.4. The maximum absolute atomic E-state index is 11.4. The average Bonchev–Trinajstić information content (AvgIpc) is 2.16. The molecule has 1 aromatic carbocycles. The predicted octanol–water partition coefficient (Wildman–Crippen LogP) is 2.52. The molecule has 0 radical (unpaired) electrons. The molecular formula is C12H16O3S. The Labute approximate surface area is 96.7 Å². The van der Waals surface area contributed by atoms with Crippen molar-refractivity contribution in [3.63, 3.8) is 0 Å². The largest absolute Gasteiger partial charge is 0.493 e. The molecule has 0 saturated carbocycles. The normalized spacial score (nSPS) is 11.2. The van der Waals surface area contributed by atoms with E-state index in [0.717, 1.165) is 11.1 Å². The highest BCUT2D eigenvalue weighted by Crippen LogP contribution is 2.27. The molecule has 16 heavy (non-hydrogen) atoms. The van der Waals surface area contributed by atoms with Crippen molar-refractivity contribution in [1.29, 1.82) is 0 Å². The second kappa shape index (κ2) is 4.70. The summed E-state index contributed by atoms with van der Waals surface area (Å²) in [5.74, 6) is 0.669. The van der Waals surface area contributed by atoms with Crippen LogP contribution in [0, 0.1) is 0 Å². The van der Waals surface area contributed by atoms with Gasteiger partial charge in [0.05, 0.1) is 11.5 Å². The van der Waals surface area contributed by atoms with Crippen LogP contribution in [0.25, 0.3) is 5.57 Å². The van der Waals surface area contributed by atoms with Gasteiger partial charge in [0.2, 0.25) is 0 Å². The smallest absolute Gasteiger partial charge is 0.175 e. The molecule has 0 bridgehead atoms. The van der Waals surface area contributed by atoms with E-state index in [0.29, 0.717) is 12.4 Å². The summed E-state index contributed by atoms with van der Waals surface area (Å²) in [6.45, 7) is 8.06. The van der Waals surface area contributed by atoms with Gasteiger partial charge in [-0.05, 0) is 37.6 Å². The van der Waals surface area contributed by atoms with Crippen molar-refractivity contribution in [3.8, 4) is 5.75 Å². The van der Waals surface area contributed by atoms with Gasteiger partial charge in [-0.25, -0.2) is 8.42 Å². The minimum absolute atomic E-state index is 0.286. The van der Waals surface area contributed by atoms with Crippen LogP contribution in [-0.2, 0) is 9.84 Å². The highest BCUT2D eigenvalue weighted by Gasteiger charge is 2.11. The van der Waals surface area contributed by atoms with Crippen molar-refractivity contribution in [3.05, 3.63) is 30.3 Å². The molecule has 0 heterocycles. The van der Waals surface area contributed by atoms with Gasteiger partial charge in [0.1, 0.15) is 5.75 Å². The number of hydrogen-bond donors (Lipinski definition) is 0. The number of hydrogen-bond acceptors (Lipinski definition) is 3. The molecule has 0 saturated heterocycles. The zero-order chi connectivity index (χ0) is 12.3. The third-order valence-electron chi connectivity index (χ3n) is 2.14. The van der Waals surface area contributed by atoms with Crippen LogP contribution in [0.2, 0.25) is 0 Å². The Balaban J connectivity index is 3.34. The summed E-state index contributed by atoms with van der Waals surface area (Å²) in [5, 5.41) is 0. The van der Waals surface area contributed by atoms with Crippen LogP contribution in [0.4, 0.5) is 0 Å². The molecule has 3 nitrogen and oxygen atoms in total. The molecule has 0 aliphatic carbocycles. The van der Waals surface area contributed by atoms with Crippen molar-refractivity contribution in [2.45, 2.75) is 18.7 Å². The van der Waals surface area contributed by atoms with E-state index in [9.17, 15) is 8.42 Å². The molecule has 0 fully saturated rings. The lowest BCUT2D eigenvalue weighted by Gasteiger charge is -2.11. The highest BCUT2D eigenvalue weighted by molar-refractivity contribution is 7.90. The lowest BCUT2D eigenvalue weighted by molar-refractivity contribution is 0.339. The zero-order valence-electron chi connectivity index (χ0n) is 9.78. The molecule has 0 aliphatic rings. The van der Waals surface area contributed by atoms with Gasteiger partial charge in [0.25, 0.3) is 0 Å². The van der Waals surface area contributed by atoms with E-state index in [1.165, 1.54) is 6.26 Å². The Morgan fingerprint density at radius 2 is 2.06 bits per heavy atom. The lowest BCUT2D eigenvalue weighted by atomic mass is 10.1. The molecule has 4 heteroatoms. The van der Waals surface area contributed by atoms with E-state index in [1.54, 1.807) is 18.2 Å². The molecule has 0 aliphatic heterocycles. The SMILES string of the molecule is C=C(C)c1cc(S(C)(=O)=O)ccc1OCC. The van der Waals surface area contributed by atoms with Gasteiger partial charge >= 0.3 is 0 Å². The molecule has 0 amide bonds. The van der Waals surface area contributed by atoms with E-state index < -0.39 is 9.84 Å². The highest BCUT2D eigenvalue weighted by atomic mass is 32.2. The van der Waals surface area contributed by atoms with Gasteiger partial charge < -0.3 is 4.74 Å². The third-order valence-corrected chi connectivity index (χ3v) is 3.25. The molecule has 0 unspecified atom stereocenters. The summed E-state index contributed by atoms with van der Waals surface area (Å²) in [4.78, 5) is 0.286. The minimum Gasteiger partial charge on any atom is -0.493 e. The number of allylic oxidation sites excluding steroid dienone is 1. The van der Waals surface area contributed by atoms with Crippen molar-refractivity contribution < 1.29 is 13.2 Å². The fourth-order valence-corrected chi connectivity index (χ4v) is 2.00. The van der Waals surface area contributed by atoms with Crippen molar-refractivity contribution >= 4 is 15.4 Å². The number of sulfone groups is 1. The van der Waals surface area contributed by atoms with Crippen LogP contribution >= 0.6 is 0 Å². The van der Waals surface area contributed by atoms with Gasteiger partial charge in [0, 0.05) is 11.8 Å². The first-order chi connectivity index (χ1) is 7.36. The standard InChI is InChI=1S/C12H16O3S/c1-5-15-12-7-6-10(16(4,13)14)8-11(12)9(2)3/h6-8H,2,5H2,1,3-4H3. The molecule has 0 N–H and O–H groups in total. The Hall–Kier alpha value is -1.29.